The van der Waals surface area contributed by atoms with Gasteiger partial charge in [0.15, 0.2) is 0 Å². The summed E-state index contributed by atoms with van der Waals surface area (Å²) in [7, 11) is 0. The van der Waals surface area contributed by atoms with Crippen molar-refractivity contribution in [1.29, 1.82) is 0 Å². The van der Waals surface area contributed by atoms with E-state index in [0.29, 0.717) is 30.3 Å². The molecule has 0 spiro atoms. The SMILES string of the molecule is CC.CC.CC.CCCN(Sc1cccc(C(F)(F)F)c1)C1CCN(C(=O)CC(CC(C)C)NC(=O)OC(C)(C)C)CC1. The van der Waals surface area contributed by atoms with Crippen LogP contribution in [0.1, 0.15) is 121 Å². The molecule has 1 N–H and O–H groups in total. The van der Waals surface area contributed by atoms with E-state index < -0.39 is 23.4 Å². The fourth-order valence-corrected chi connectivity index (χ4v) is 5.59. The van der Waals surface area contributed by atoms with Crippen LogP contribution in [0.15, 0.2) is 29.2 Å². The van der Waals surface area contributed by atoms with E-state index in [4.69, 9.17) is 4.74 Å². The first-order valence-electron chi connectivity index (χ1n) is 16.1. The number of alkyl halides is 3. The molecule has 43 heavy (non-hydrogen) atoms. The minimum Gasteiger partial charge on any atom is -0.444 e. The lowest BCUT2D eigenvalue weighted by Gasteiger charge is -2.38. The van der Waals surface area contributed by atoms with E-state index in [0.717, 1.165) is 31.9 Å². The molecule has 0 aromatic heterocycles. The lowest BCUT2D eigenvalue weighted by Crippen LogP contribution is -2.47. The summed E-state index contributed by atoms with van der Waals surface area (Å²) in [6.07, 6.45) is -1.66. The number of hydrogen-bond donors (Lipinski definition) is 1. The number of rotatable bonds is 10. The van der Waals surface area contributed by atoms with Gasteiger partial charge in [-0.2, -0.15) is 13.2 Å². The Morgan fingerprint density at radius 2 is 1.60 bits per heavy atom. The number of nitrogens with one attached hydrogen (secondary N) is 1. The maximum absolute atomic E-state index is 13.1. The van der Waals surface area contributed by atoms with Gasteiger partial charge in [0, 0.05) is 43.0 Å². The number of carbonyl (C=O) groups is 2. The molecule has 1 fully saturated rings. The van der Waals surface area contributed by atoms with Crippen molar-refractivity contribution in [1.82, 2.24) is 14.5 Å². The summed E-state index contributed by atoms with van der Waals surface area (Å²) in [5.74, 6) is 0.293. The van der Waals surface area contributed by atoms with Gasteiger partial charge in [0.05, 0.1) is 5.56 Å². The Balaban J connectivity index is 0. The van der Waals surface area contributed by atoms with Gasteiger partial charge >= 0.3 is 12.3 Å². The predicted molar refractivity (Wildman–Crippen MR) is 175 cm³/mol. The first-order chi connectivity index (χ1) is 20.2. The van der Waals surface area contributed by atoms with Gasteiger partial charge in [-0.25, -0.2) is 9.10 Å². The molecule has 1 aliphatic heterocycles. The Morgan fingerprint density at radius 3 is 2.07 bits per heavy atom. The van der Waals surface area contributed by atoms with Gasteiger partial charge in [0.1, 0.15) is 5.60 Å². The number of nitrogens with zero attached hydrogens (tertiary/aromatic N) is 2. The number of alkyl carbamates (subject to hydrolysis) is 1. The smallest absolute Gasteiger partial charge is 0.416 e. The van der Waals surface area contributed by atoms with Crippen molar-refractivity contribution in [2.75, 3.05) is 19.6 Å². The van der Waals surface area contributed by atoms with Crippen LogP contribution in [-0.4, -0.2) is 58.5 Å². The summed E-state index contributed by atoms with van der Waals surface area (Å²) >= 11 is 1.36. The molecule has 0 aliphatic carbocycles. The molecule has 2 amide bonds. The average molecular weight is 636 g/mol. The quantitative estimate of drug-likeness (QED) is 0.259. The largest absolute Gasteiger partial charge is 0.444 e. The summed E-state index contributed by atoms with van der Waals surface area (Å²) in [6, 6.07) is 5.27. The van der Waals surface area contributed by atoms with Crippen molar-refractivity contribution in [2.45, 2.75) is 144 Å². The number of carbonyl (C=O) groups excluding carboxylic acids is 2. The Kier molecular flexibility index (Phi) is 22.7. The molecule has 2 rings (SSSR count). The maximum Gasteiger partial charge on any atom is 0.416 e. The summed E-state index contributed by atoms with van der Waals surface area (Å²) in [5.41, 5.74) is -1.26. The first-order valence-corrected chi connectivity index (χ1v) is 16.8. The third-order valence-corrected chi connectivity index (χ3v) is 7.13. The molecule has 0 saturated carbocycles. The third kappa shape index (κ3) is 18.5. The lowest BCUT2D eigenvalue weighted by molar-refractivity contribution is -0.137. The zero-order chi connectivity index (χ0) is 33.8. The molecular weight excluding hydrogens is 575 g/mol. The topological polar surface area (TPSA) is 61.9 Å². The van der Waals surface area contributed by atoms with E-state index in [1.165, 1.54) is 24.1 Å². The first kappa shape index (κ1) is 43.2. The van der Waals surface area contributed by atoms with E-state index in [1.54, 1.807) is 26.8 Å². The van der Waals surface area contributed by atoms with Gasteiger partial charge in [-0.05, 0) is 82.5 Å². The Labute approximate surface area is 265 Å². The zero-order valence-electron chi connectivity index (χ0n) is 28.9. The summed E-state index contributed by atoms with van der Waals surface area (Å²) in [5, 5.41) is 2.86. The van der Waals surface area contributed by atoms with Gasteiger partial charge in [0.2, 0.25) is 5.91 Å². The molecular formula is C33H60F3N3O3S. The van der Waals surface area contributed by atoms with Crippen LogP contribution in [-0.2, 0) is 15.7 Å². The number of amides is 2. The summed E-state index contributed by atoms with van der Waals surface area (Å²) < 4.78 is 46.9. The second-order valence-electron chi connectivity index (χ2n) is 11.0. The fraction of sp³-hybridized carbons (Fsp3) is 0.758. The number of hydrogen-bond acceptors (Lipinski definition) is 5. The molecule has 6 nitrogen and oxygen atoms in total. The Hall–Kier alpha value is -1.94. The highest BCUT2D eigenvalue weighted by Gasteiger charge is 2.32. The van der Waals surface area contributed by atoms with Crippen LogP contribution in [0.3, 0.4) is 0 Å². The van der Waals surface area contributed by atoms with Crippen LogP contribution in [0.25, 0.3) is 0 Å². The van der Waals surface area contributed by atoms with Crippen molar-refractivity contribution >= 4 is 23.9 Å². The van der Waals surface area contributed by atoms with E-state index in [-0.39, 0.29) is 24.4 Å². The lowest BCUT2D eigenvalue weighted by atomic mass is 9.99. The Morgan fingerprint density at radius 1 is 1.05 bits per heavy atom. The molecule has 252 valence electrons. The number of likely N-dealkylation sites (tertiary alicyclic amines) is 1. The molecule has 1 atom stereocenters. The molecule has 1 saturated heterocycles. The van der Waals surface area contributed by atoms with Crippen molar-refractivity contribution in [3.8, 4) is 0 Å². The number of ether oxygens (including phenoxy) is 1. The fourth-order valence-electron chi connectivity index (χ4n) is 4.37. The van der Waals surface area contributed by atoms with Crippen LogP contribution in [0.5, 0.6) is 0 Å². The molecule has 1 aliphatic rings. The van der Waals surface area contributed by atoms with E-state index >= 15 is 0 Å². The van der Waals surface area contributed by atoms with E-state index in [9.17, 15) is 22.8 Å². The second kappa shape index (κ2) is 22.6. The molecule has 1 aromatic rings. The zero-order valence-corrected chi connectivity index (χ0v) is 29.7. The van der Waals surface area contributed by atoms with Gasteiger partial charge < -0.3 is 15.0 Å². The average Bonchev–Trinajstić information content (AvgIpc) is 2.94. The van der Waals surface area contributed by atoms with Crippen LogP contribution >= 0.6 is 11.9 Å². The van der Waals surface area contributed by atoms with Crippen molar-refractivity contribution in [2.24, 2.45) is 5.92 Å². The van der Waals surface area contributed by atoms with Crippen LogP contribution in [0.4, 0.5) is 18.0 Å². The van der Waals surface area contributed by atoms with E-state index in [2.05, 4.69) is 9.62 Å². The minimum absolute atomic E-state index is 0.00673. The second-order valence-corrected chi connectivity index (χ2v) is 12.2. The standard InChI is InChI=1S/C27H42F3N3O3S.3C2H6/c1-7-13-33(37-23-10-8-9-20(17-23)27(28,29)30)22-11-14-32(15-12-22)24(34)18-21(16-19(2)3)31-25(35)36-26(4,5)6;3*1-2/h8-10,17,19,21-22H,7,11-16,18H2,1-6H3,(H,31,35);3*1-2H3. The Bertz CT molecular complexity index is 884. The third-order valence-electron chi connectivity index (χ3n) is 5.95. The van der Waals surface area contributed by atoms with Gasteiger partial charge in [-0.1, -0.05) is 68.4 Å². The minimum atomic E-state index is -4.37. The summed E-state index contributed by atoms with van der Waals surface area (Å²) in [4.78, 5) is 27.8. The van der Waals surface area contributed by atoms with Gasteiger partial charge in [-0.15, -0.1) is 0 Å². The number of halogens is 3. The van der Waals surface area contributed by atoms with Gasteiger partial charge in [-0.3, -0.25) is 4.79 Å². The highest BCUT2D eigenvalue weighted by molar-refractivity contribution is 7.97. The van der Waals surface area contributed by atoms with Crippen molar-refractivity contribution < 1.29 is 27.5 Å². The molecule has 1 aromatic carbocycles. The molecule has 0 radical (unpaired) electrons. The molecule has 10 heteroatoms. The van der Waals surface area contributed by atoms with Crippen LogP contribution in [0, 0.1) is 5.92 Å². The predicted octanol–water partition coefficient (Wildman–Crippen LogP) is 9.82. The maximum atomic E-state index is 13.1. The van der Waals surface area contributed by atoms with Crippen LogP contribution < -0.4 is 5.32 Å². The van der Waals surface area contributed by atoms with Gasteiger partial charge in [0.25, 0.3) is 0 Å². The highest BCUT2D eigenvalue weighted by Crippen LogP contribution is 2.35. The van der Waals surface area contributed by atoms with Crippen molar-refractivity contribution in [3.05, 3.63) is 29.8 Å². The number of piperidine rings is 1. The monoisotopic (exact) mass is 635 g/mol. The highest BCUT2D eigenvalue weighted by atomic mass is 32.2. The van der Waals surface area contributed by atoms with Crippen molar-refractivity contribution in [3.63, 3.8) is 0 Å². The number of benzene rings is 1. The normalized spacial score (nSPS) is 14.4. The molecule has 1 heterocycles. The molecule has 1 unspecified atom stereocenters. The van der Waals surface area contributed by atoms with E-state index in [1.807, 2.05) is 67.2 Å². The summed E-state index contributed by atoms with van der Waals surface area (Å²) in [6.45, 7) is 25.4. The van der Waals surface area contributed by atoms with Crippen LogP contribution in [0.2, 0.25) is 0 Å². The molecule has 0 bridgehead atoms.